The summed E-state index contributed by atoms with van der Waals surface area (Å²) < 4.78 is 5.21. The van der Waals surface area contributed by atoms with Gasteiger partial charge in [0.25, 0.3) is 0 Å². The molecule has 5 nitrogen and oxygen atoms in total. The normalized spacial score (nSPS) is 19.4. The molecular weight excluding hydrogens is 208 g/mol. The van der Waals surface area contributed by atoms with Crippen molar-refractivity contribution in [3.05, 3.63) is 0 Å². The third-order valence-corrected chi connectivity index (χ3v) is 2.72. The molecule has 0 spiro atoms. The second-order valence-electron chi connectivity index (χ2n) is 4.15. The number of aliphatic hydroxyl groups is 1. The molecule has 1 aliphatic heterocycles. The molecule has 0 saturated carbocycles. The van der Waals surface area contributed by atoms with Crippen LogP contribution in [0.2, 0.25) is 0 Å². The second-order valence-corrected chi connectivity index (χ2v) is 4.15. The van der Waals surface area contributed by atoms with E-state index in [1.54, 1.807) is 0 Å². The first kappa shape index (κ1) is 13.4. The zero-order valence-corrected chi connectivity index (χ0v) is 9.87. The lowest BCUT2D eigenvalue weighted by molar-refractivity contribution is -0.121. The molecule has 0 bridgehead atoms. The number of nitrogens with one attached hydrogen (secondary N) is 2. The summed E-state index contributed by atoms with van der Waals surface area (Å²) in [5.74, 6) is -0.00444. The quantitative estimate of drug-likeness (QED) is 0.583. The molecule has 3 N–H and O–H groups in total. The summed E-state index contributed by atoms with van der Waals surface area (Å²) in [6.07, 6.45) is 2.12. The lowest BCUT2D eigenvalue weighted by Gasteiger charge is -2.23. The molecule has 0 radical (unpaired) electrons. The molecule has 1 unspecified atom stereocenters. The van der Waals surface area contributed by atoms with E-state index >= 15 is 0 Å². The predicted molar refractivity (Wildman–Crippen MR) is 61.2 cm³/mol. The van der Waals surface area contributed by atoms with Crippen molar-refractivity contribution in [3.63, 3.8) is 0 Å². The van der Waals surface area contributed by atoms with Gasteiger partial charge in [-0.2, -0.15) is 0 Å². The molecule has 5 heteroatoms. The highest BCUT2D eigenvalue weighted by atomic mass is 16.5. The standard InChI is InChI=1S/C11H22N2O3/c1-2-10(14)7-12-8-11(15)13-9-3-5-16-6-4-9/h9-10,12,14H,2-8H2,1H3,(H,13,15). The van der Waals surface area contributed by atoms with Crippen LogP contribution in [0.3, 0.4) is 0 Å². The number of carbonyl (C=O) groups excluding carboxylic acids is 1. The van der Waals surface area contributed by atoms with E-state index in [9.17, 15) is 9.90 Å². The van der Waals surface area contributed by atoms with E-state index in [2.05, 4.69) is 10.6 Å². The van der Waals surface area contributed by atoms with E-state index in [-0.39, 0.29) is 24.6 Å². The van der Waals surface area contributed by atoms with Crippen LogP contribution < -0.4 is 10.6 Å². The predicted octanol–water partition coefficient (Wildman–Crippen LogP) is -0.358. The summed E-state index contributed by atoms with van der Waals surface area (Å²) in [4.78, 5) is 11.5. The third kappa shape index (κ3) is 5.44. The summed E-state index contributed by atoms with van der Waals surface area (Å²) in [7, 11) is 0. The van der Waals surface area contributed by atoms with Crippen molar-refractivity contribution in [1.82, 2.24) is 10.6 Å². The number of aliphatic hydroxyl groups excluding tert-OH is 1. The molecule has 1 amide bonds. The first-order chi connectivity index (χ1) is 7.72. The van der Waals surface area contributed by atoms with Crippen molar-refractivity contribution >= 4 is 5.91 Å². The van der Waals surface area contributed by atoms with Gasteiger partial charge in [0.15, 0.2) is 0 Å². The Bertz CT molecular complexity index is 205. The van der Waals surface area contributed by atoms with E-state index in [1.807, 2.05) is 6.92 Å². The minimum absolute atomic E-state index is 0.00444. The van der Waals surface area contributed by atoms with Crippen LogP contribution in [0.1, 0.15) is 26.2 Å². The first-order valence-electron chi connectivity index (χ1n) is 5.98. The number of ether oxygens (including phenoxy) is 1. The fraction of sp³-hybridized carbons (Fsp3) is 0.909. The maximum Gasteiger partial charge on any atom is 0.234 e. The van der Waals surface area contributed by atoms with Crippen molar-refractivity contribution in [1.29, 1.82) is 0 Å². The van der Waals surface area contributed by atoms with Crippen LogP contribution in [-0.2, 0) is 9.53 Å². The van der Waals surface area contributed by atoms with Crippen LogP contribution in [0, 0.1) is 0 Å². The minimum Gasteiger partial charge on any atom is -0.392 e. The smallest absolute Gasteiger partial charge is 0.234 e. The monoisotopic (exact) mass is 230 g/mol. The van der Waals surface area contributed by atoms with E-state index in [0.29, 0.717) is 13.0 Å². The number of rotatable bonds is 6. The average molecular weight is 230 g/mol. The minimum atomic E-state index is -0.365. The molecule has 1 rings (SSSR count). The molecule has 0 aliphatic carbocycles. The topological polar surface area (TPSA) is 70.6 Å². The van der Waals surface area contributed by atoms with E-state index < -0.39 is 0 Å². The molecule has 1 saturated heterocycles. The second kappa shape index (κ2) is 7.60. The van der Waals surface area contributed by atoms with Crippen molar-refractivity contribution in [2.75, 3.05) is 26.3 Å². The van der Waals surface area contributed by atoms with Crippen molar-refractivity contribution < 1.29 is 14.6 Å². The molecule has 1 fully saturated rings. The van der Waals surface area contributed by atoms with Gasteiger partial charge in [0, 0.05) is 25.8 Å². The van der Waals surface area contributed by atoms with Gasteiger partial charge in [0.05, 0.1) is 12.6 Å². The van der Waals surface area contributed by atoms with Gasteiger partial charge in [-0.1, -0.05) is 6.92 Å². The Labute approximate surface area is 96.6 Å². The molecule has 0 aromatic heterocycles. The SMILES string of the molecule is CCC(O)CNCC(=O)NC1CCOCC1. The van der Waals surface area contributed by atoms with Gasteiger partial charge in [0.2, 0.25) is 5.91 Å². The highest BCUT2D eigenvalue weighted by Gasteiger charge is 2.15. The lowest BCUT2D eigenvalue weighted by Crippen LogP contribution is -2.44. The first-order valence-corrected chi connectivity index (χ1v) is 5.98. The molecule has 16 heavy (non-hydrogen) atoms. The van der Waals surface area contributed by atoms with Crippen molar-refractivity contribution in [3.8, 4) is 0 Å². The molecule has 1 heterocycles. The highest BCUT2D eigenvalue weighted by molar-refractivity contribution is 5.78. The van der Waals surface area contributed by atoms with Crippen molar-refractivity contribution in [2.45, 2.75) is 38.3 Å². The molecule has 0 aromatic rings. The summed E-state index contributed by atoms with van der Waals surface area (Å²) in [6.45, 7) is 4.11. The van der Waals surface area contributed by atoms with E-state index in [4.69, 9.17) is 4.74 Å². The van der Waals surface area contributed by atoms with E-state index in [0.717, 1.165) is 26.1 Å². The van der Waals surface area contributed by atoms with Gasteiger partial charge in [0.1, 0.15) is 0 Å². The Morgan fingerprint density at radius 2 is 2.19 bits per heavy atom. The Kier molecular flexibility index (Phi) is 6.37. The Balaban J connectivity index is 2.05. The largest absolute Gasteiger partial charge is 0.392 e. The highest BCUT2D eigenvalue weighted by Crippen LogP contribution is 2.05. The summed E-state index contributed by atoms with van der Waals surface area (Å²) in [5.41, 5.74) is 0. The van der Waals surface area contributed by atoms with Crippen molar-refractivity contribution in [2.24, 2.45) is 0 Å². The maximum absolute atomic E-state index is 11.5. The Hall–Kier alpha value is -0.650. The van der Waals surface area contributed by atoms with Crippen LogP contribution in [0.4, 0.5) is 0 Å². The zero-order chi connectivity index (χ0) is 11.8. The fourth-order valence-corrected chi connectivity index (χ4v) is 1.62. The Morgan fingerprint density at radius 1 is 1.50 bits per heavy atom. The molecule has 0 aromatic carbocycles. The Morgan fingerprint density at radius 3 is 2.81 bits per heavy atom. The molecule has 94 valence electrons. The number of hydrogen-bond donors (Lipinski definition) is 3. The van der Waals surface area contributed by atoms with Crippen LogP contribution in [0.15, 0.2) is 0 Å². The summed E-state index contributed by atoms with van der Waals surface area (Å²) in [5, 5.41) is 15.2. The zero-order valence-electron chi connectivity index (χ0n) is 9.87. The third-order valence-electron chi connectivity index (χ3n) is 2.72. The maximum atomic E-state index is 11.5. The summed E-state index contributed by atoms with van der Waals surface area (Å²) in [6, 6.07) is 0.249. The van der Waals surface area contributed by atoms with Gasteiger partial charge < -0.3 is 20.5 Å². The average Bonchev–Trinajstić information content (AvgIpc) is 2.30. The van der Waals surface area contributed by atoms with Crippen LogP contribution in [0.5, 0.6) is 0 Å². The van der Waals surface area contributed by atoms with Crippen LogP contribution in [-0.4, -0.2) is 49.5 Å². The molecular formula is C11H22N2O3. The van der Waals surface area contributed by atoms with Gasteiger partial charge in [-0.15, -0.1) is 0 Å². The van der Waals surface area contributed by atoms with Gasteiger partial charge in [-0.25, -0.2) is 0 Å². The lowest BCUT2D eigenvalue weighted by atomic mass is 10.1. The van der Waals surface area contributed by atoms with Gasteiger partial charge >= 0.3 is 0 Å². The molecule has 1 aliphatic rings. The molecule has 1 atom stereocenters. The fourth-order valence-electron chi connectivity index (χ4n) is 1.62. The van der Waals surface area contributed by atoms with Crippen LogP contribution >= 0.6 is 0 Å². The van der Waals surface area contributed by atoms with Gasteiger partial charge in [-0.3, -0.25) is 4.79 Å². The number of carbonyl (C=O) groups is 1. The number of amides is 1. The van der Waals surface area contributed by atoms with Crippen LogP contribution in [0.25, 0.3) is 0 Å². The van der Waals surface area contributed by atoms with E-state index in [1.165, 1.54) is 0 Å². The summed E-state index contributed by atoms with van der Waals surface area (Å²) >= 11 is 0. The number of hydrogen-bond acceptors (Lipinski definition) is 4. The van der Waals surface area contributed by atoms with Gasteiger partial charge in [-0.05, 0) is 19.3 Å².